The molecule has 0 atom stereocenters. The lowest BCUT2D eigenvalue weighted by Crippen LogP contribution is -2.29. The van der Waals surface area contributed by atoms with Crippen LogP contribution in [0.4, 0.5) is 5.00 Å². The molecular formula is C11H13ClN2O3S. The van der Waals surface area contributed by atoms with Crippen LogP contribution < -0.4 is 5.32 Å². The van der Waals surface area contributed by atoms with Gasteiger partial charge in [-0.2, -0.15) is 0 Å². The standard InChI is InChI=1S/C11H13ClN2O3S/c12-6-5-11(3-4-11)7-13-10(15)8-1-2-9(18-8)14(16)17/h1-2H,3-7H2,(H,13,15). The van der Waals surface area contributed by atoms with Gasteiger partial charge in [-0.15, -0.1) is 11.6 Å². The van der Waals surface area contributed by atoms with Crippen LogP contribution in [0.15, 0.2) is 12.1 Å². The van der Waals surface area contributed by atoms with Gasteiger partial charge in [-0.3, -0.25) is 14.9 Å². The second kappa shape index (κ2) is 5.24. The summed E-state index contributed by atoms with van der Waals surface area (Å²) in [7, 11) is 0. The van der Waals surface area contributed by atoms with E-state index in [0.717, 1.165) is 30.6 Å². The molecule has 1 fully saturated rings. The fourth-order valence-electron chi connectivity index (χ4n) is 1.80. The van der Waals surface area contributed by atoms with Gasteiger partial charge in [-0.05, 0) is 30.7 Å². The molecule has 0 saturated heterocycles. The highest BCUT2D eigenvalue weighted by atomic mass is 35.5. The maximum absolute atomic E-state index is 11.8. The van der Waals surface area contributed by atoms with Gasteiger partial charge < -0.3 is 5.32 Å². The van der Waals surface area contributed by atoms with Crippen LogP contribution in [0.5, 0.6) is 0 Å². The summed E-state index contributed by atoms with van der Waals surface area (Å²) in [5, 5.41) is 13.3. The van der Waals surface area contributed by atoms with Crippen LogP contribution in [0.1, 0.15) is 28.9 Å². The summed E-state index contributed by atoms with van der Waals surface area (Å²) in [6.45, 7) is 0.601. The first kappa shape index (κ1) is 13.3. The Morgan fingerprint density at radius 3 is 2.78 bits per heavy atom. The molecule has 0 spiro atoms. The van der Waals surface area contributed by atoms with Crippen LogP contribution in [0.2, 0.25) is 0 Å². The van der Waals surface area contributed by atoms with Crippen molar-refractivity contribution in [2.45, 2.75) is 19.3 Å². The van der Waals surface area contributed by atoms with Gasteiger partial charge in [0.25, 0.3) is 5.91 Å². The number of carbonyl (C=O) groups is 1. The second-order valence-electron chi connectivity index (χ2n) is 4.52. The predicted octanol–water partition coefficient (Wildman–Crippen LogP) is 2.80. The zero-order chi connectivity index (χ0) is 13.2. The van der Waals surface area contributed by atoms with Gasteiger partial charge in [-0.25, -0.2) is 0 Å². The maximum atomic E-state index is 11.8. The summed E-state index contributed by atoms with van der Waals surface area (Å²) in [6, 6.07) is 2.84. The molecule has 98 valence electrons. The van der Waals surface area contributed by atoms with Gasteiger partial charge in [0.05, 0.1) is 9.80 Å². The number of nitrogens with one attached hydrogen (secondary N) is 1. The fraction of sp³-hybridized carbons (Fsp3) is 0.545. The lowest BCUT2D eigenvalue weighted by Gasteiger charge is -2.13. The van der Waals surface area contributed by atoms with E-state index >= 15 is 0 Å². The van der Waals surface area contributed by atoms with Gasteiger partial charge in [-0.1, -0.05) is 11.3 Å². The molecule has 1 N–H and O–H groups in total. The predicted molar refractivity (Wildman–Crippen MR) is 70.3 cm³/mol. The van der Waals surface area contributed by atoms with Crippen molar-refractivity contribution in [3.05, 3.63) is 27.1 Å². The topological polar surface area (TPSA) is 72.2 Å². The number of hydrogen-bond donors (Lipinski definition) is 1. The van der Waals surface area contributed by atoms with Gasteiger partial charge in [0.1, 0.15) is 0 Å². The van der Waals surface area contributed by atoms with Gasteiger partial charge in [0.15, 0.2) is 0 Å². The molecule has 2 rings (SSSR count). The number of nitrogens with zero attached hydrogens (tertiary/aromatic N) is 1. The Bertz CT molecular complexity index is 471. The van der Waals surface area contributed by atoms with Crippen LogP contribution >= 0.6 is 22.9 Å². The number of carbonyl (C=O) groups excluding carboxylic acids is 1. The first-order chi connectivity index (χ1) is 8.56. The molecule has 1 amide bonds. The highest BCUT2D eigenvalue weighted by molar-refractivity contribution is 7.17. The van der Waals surface area contributed by atoms with Crippen molar-refractivity contribution in [2.24, 2.45) is 5.41 Å². The minimum absolute atomic E-state index is 0.0120. The monoisotopic (exact) mass is 288 g/mol. The second-order valence-corrected chi connectivity index (χ2v) is 5.96. The first-order valence-corrected chi connectivity index (χ1v) is 7.00. The molecule has 0 radical (unpaired) electrons. The largest absolute Gasteiger partial charge is 0.351 e. The molecular weight excluding hydrogens is 276 g/mol. The summed E-state index contributed by atoms with van der Waals surface area (Å²) in [4.78, 5) is 22.2. The molecule has 7 heteroatoms. The van der Waals surface area contributed by atoms with Gasteiger partial charge >= 0.3 is 5.00 Å². The van der Waals surface area contributed by atoms with Crippen molar-refractivity contribution in [1.29, 1.82) is 0 Å². The SMILES string of the molecule is O=C(NCC1(CCCl)CC1)c1ccc([N+](=O)[O-])s1. The number of halogens is 1. The molecule has 1 saturated carbocycles. The van der Waals surface area contributed by atoms with E-state index < -0.39 is 4.92 Å². The normalized spacial score (nSPS) is 16.3. The molecule has 1 heterocycles. The third kappa shape index (κ3) is 3.00. The third-order valence-electron chi connectivity index (χ3n) is 3.20. The van der Waals surface area contributed by atoms with Crippen LogP contribution in [-0.4, -0.2) is 23.3 Å². The Hall–Kier alpha value is -1.14. The highest BCUT2D eigenvalue weighted by Gasteiger charge is 2.41. The minimum atomic E-state index is -0.489. The number of thiophene rings is 1. The molecule has 1 aromatic rings. The van der Waals surface area contributed by atoms with Crippen LogP contribution in [0.3, 0.4) is 0 Å². The van der Waals surface area contributed by atoms with Crippen molar-refractivity contribution in [2.75, 3.05) is 12.4 Å². The van der Waals surface area contributed by atoms with E-state index in [1.807, 2.05) is 0 Å². The van der Waals surface area contributed by atoms with E-state index in [9.17, 15) is 14.9 Å². The van der Waals surface area contributed by atoms with Crippen molar-refractivity contribution < 1.29 is 9.72 Å². The van der Waals surface area contributed by atoms with E-state index in [1.165, 1.54) is 12.1 Å². The average molecular weight is 289 g/mol. The Kier molecular flexibility index (Phi) is 3.87. The molecule has 0 bridgehead atoms. The van der Waals surface area contributed by atoms with Crippen LogP contribution in [0.25, 0.3) is 0 Å². The number of nitro groups is 1. The Morgan fingerprint density at radius 2 is 2.28 bits per heavy atom. The van der Waals surface area contributed by atoms with Gasteiger partial charge in [0.2, 0.25) is 0 Å². The lowest BCUT2D eigenvalue weighted by atomic mass is 10.0. The third-order valence-corrected chi connectivity index (χ3v) is 4.43. The van der Waals surface area contributed by atoms with Crippen molar-refractivity contribution in [3.63, 3.8) is 0 Å². The number of alkyl halides is 1. The van der Waals surface area contributed by atoms with Crippen molar-refractivity contribution in [3.8, 4) is 0 Å². The van der Waals surface area contributed by atoms with Crippen molar-refractivity contribution >= 4 is 33.8 Å². The fourth-order valence-corrected chi connectivity index (χ4v) is 2.93. The molecule has 0 aromatic carbocycles. The Labute approximate surface area is 113 Å². The molecule has 5 nitrogen and oxygen atoms in total. The maximum Gasteiger partial charge on any atom is 0.324 e. The zero-order valence-corrected chi connectivity index (χ0v) is 11.2. The van der Waals surface area contributed by atoms with Crippen LogP contribution in [0, 0.1) is 15.5 Å². The Morgan fingerprint density at radius 1 is 1.56 bits per heavy atom. The molecule has 1 aliphatic carbocycles. The highest BCUT2D eigenvalue weighted by Crippen LogP contribution is 2.48. The zero-order valence-electron chi connectivity index (χ0n) is 9.65. The minimum Gasteiger partial charge on any atom is -0.351 e. The van der Waals surface area contributed by atoms with E-state index in [0.29, 0.717) is 17.3 Å². The molecule has 1 aliphatic rings. The van der Waals surface area contributed by atoms with E-state index in [-0.39, 0.29) is 16.3 Å². The number of hydrogen-bond acceptors (Lipinski definition) is 4. The summed E-state index contributed by atoms with van der Waals surface area (Å²) < 4.78 is 0. The first-order valence-electron chi connectivity index (χ1n) is 5.65. The summed E-state index contributed by atoms with van der Waals surface area (Å²) in [5.41, 5.74) is 0.167. The molecule has 0 unspecified atom stereocenters. The molecule has 18 heavy (non-hydrogen) atoms. The summed E-state index contributed by atoms with van der Waals surface area (Å²) in [6.07, 6.45) is 3.08. The smallest absolute Gasteiger partial charge is 0.324 e. The van der Waals surface area contributed by atoms with E-state index in [4.69, 9.17) is 11.6 Å². The van der Waals surface area contributed by atoms with E-state index in [1.54, 1.807) is 0 Å². The Balaban J connectivity index is 1.89. The molecule has 0 aliphatic heterocycles. The van der Waals surface area contributed by atoms with Crippen molar-refractivity contribution in [1.82, 2.24) is 5.32 Å². The quantitative estimate of drug-likeness (QED) is 0.497. The van der Waals surface area contributed by atoms with Gasteiger partial charge in [0, 0.05) is 18.5 Å². The van der Waals surface area contributed by atoms with Crippen LogP contribution in [-0.2, 0) is 0 Å². The summed E-state index contributed by atoms with van der Waals surface area (Å²) >= 11 is 6.61. The van der Waals surface area contributed by atoms with E-state index in [2.05, 4.69) is 5.32 Å². The summed E-state index contributed by atoms with van der Waals surface area (Å²) in [5.74, 6) is 0.356. The lowest BCUT2D eigenvalue weighted by molar-refractivity contribution is -0.380. The number of amides is 1. The number of rotatable bonds is 6. The average Bonchev–Trinajstić information content (AvgIpc) is 2.92. The molecule has 1 aromatic heterocycles.